The van der Waals surface area contributed by atoms with Crippen LogP contribution in [0.4, 0.5) is 14.5 Å². The van der Waals surface area contributed by atoms with Gasteiger partial charge in [-0.3, -0.25) is 10.1 Å². The Morgan fingerprint density at radius 1 is 1.56 bits per heavy atom. The van der Waals surface area contributed by atoms with Crippen molar-refractivity contribution in [1.82, 2.24) is 0 Å². The normalized spacial score (nSPS) is 9.94. The molecule has 0 aromatic heterocycles. The van der Waals surface area contributed by atoms with Gasteiger partial charge in [0.15, 0.2) is 0 Å². The Balaban J connectivity index is 3.69. The Hall–Kier alpha value is -2.56. The predicted octanol–water partition coefficient (Wildman–Crippen LogP) is 2.19. The molecule has 0 bridgehead atoms. The quantitative estimate of drug-likeness (QED) is 0.469. The molecule has 0 N–H and O–H groups in total. The summed E-state index contributed by atoms with van der Waals surface area (Å²) in [6.45, 7) is 0. The summed E-state index contributed by atoms with van der Waals surface area (Å²) in [5.74, 6) is -1.12. The van der Waals surface area contributed by atoms with Crippen LogP contribution in [0.1, 0.15) is 27.9 Å². The van der Waals surface area contributed by atoms with Gasteiger partial charge >= 0.3 is 5.97 Å². The monoisotopic (exact) mass is 256 g/mol. The lowest BCUT2D eigenvalue weighted by atomic mass is 10.0. The molecule has 0 heterocycles. The van der Waals surface area contributed by atoms with Crippen LogP contribution in [0.2, 0.25) is 0 Å². The minimum atomic E-state index is -3.25. The zero-order chi connectivity index (χ0) is 13.9. The van der Waals surface area contributed by atoms with Crippen molar-refractivity contribution >= 4 is 11.7 Å². The van der Waals surface area contributed by atoms with Crippen LogP contribution in [0.15, 0.2) is 12.1 Å². The van der Waals surface area contributed by atoms with Gasteiger partial charge < -0.3 is 4.74 Å². The Labute approximate surface area is 99.5 Å². The number of carbonyl (C=O) groups is 1. The van der Waals surface area contributed by atoms with E-state index in [4.69, 9.17) is 5.26 Å². The summed E-state index contributed by atoms with van der Waals surface area (Å²) >= 11 is 0. The third kappa shape index (κ3) is 2.24. The number of methoxy groups -OCH3 is 1. The fourth-order valence-electron chi connectivity index (χ4n) is 1.40. The third-order valence-electron chi connectivity index (χ3n) is 2.14. The molecule has 0 radical (unpaired) electrons. The first-order valence-corrected chi connectivity index (χ1v) is 4.51. The van der Waals surface area contributed by atoms with Gasteiger partial charge in [-0.05, 0) is 12.1 Å². The molecule has 94 valence electrons. The molecule has 0 fully saturated rings. The highest BCUT2D eigenvalue weighted by Gasteiger charge is 2.32. The summed E-state index contributed by atoms with van der Waals surface area (Å²) in [4.78, 5) is 20.9. The molecule has 0 aliphatic carbocycles. The van der Waals surface area contributed by atoms with Crippen LogP contribution in [0.25, 0.3) is 0 Å². The summed E-state index contributed by atoms with van der Waals surface area (Å²) < 4.78 is 29.8. The number of hydrogen-bond donors (Lipinski definition) is 0. The van der Waals surface area contributed by atoms with Gasteiger partial charge in [-0.1, -0.05) is 0 Å². The van der Waals surface area contributed by atoms with Crippen molar-refractivity contribution in [3.05, 3.63) is 38.9 Å². The van der Waals surface area contributed by atoms with E-state index in [1.54, 1.807) is 0 Å². The highest BCUT2D eigenvalue weighted by Crippen LogP contribution is 2.35. The first-order valence-electron chi connectivity index (χ1n) is 4.51. The van der Waals surface area contributed by atoms with Crippen molar-refractivity contribution in [3.8, 4) is 6.07 Å². The average molecular weight is 256 g/mol. The largest absolute Gasteiger partial charge is 0.465 e. The van der Waals surface area contributed by atoms with Crippen LogP contribution in [-0.2, 0) is 4.74 Å². The molecule has 0 atom stereocenters. The molecular formula is C10H6F2N2O4. The van der Waals surface area contributed by atoms with Gasteiger partial charge in [0.25, 0.3) is 12.1 Å². The maximum absolute atomic E-state index is 12.8. The van der Waals surface area contributed by atoms with Crippen molar-refractivity contribution in [2.24, 2.45) is 0 Å². The van der Waals surface area contributed by atoms with Crippen molar-refractivity contribution in [3.63, 3.8) is 0 Å². The van der Waals surface area contributed by atoms with Crippen molar-refractivity contribution in [1.29, 1.82) is 5.26 Å². The van der Waals surface area contributed by atoms with E-state index in [-0.39, 0.29) is 0 Å². The molecule has 0 amide bonds. The number of esters is 1. The number of nitrogens with zero attached hydrogens (tertiary/aromatic N) is 2. The van der Waals surface area contributed by atoms with Crippen LogP contribution in [0.3, 0.4) is 0 Å². The first kappa shape index (κ1) is 13.5. The van der Waals surface area contributed by atoms with Gasteiger partial charge in [0.1, 0.15) is 11.1 Å². The van der Waals surface area contributed by atoms with E-state index in [9.17, 15) is 23.7 Å². The number of rotatable bonds is 3. The lowest BCUT2D eigenvalue weighted by molar-refractivity contribution is -0.386. The van der Waals surface area contributed by atoms with Crippen molar-refractivity contribution in [2.45, 2.75) is 6.43 Å². The number of nitro benzene ring substituents is 1. The van der Waals surface area contributed by atoms with Crippen LogP contribution in [0.5, 0.6) is 0 Å². The molecule has 1 aromatic carbocycles. The van der Waals surface area contributed by atoms with Gasteiger partial charge in [-0.25, -0.2) is 13.6 Å². The number of carbonyl (C=O) groups excluding carboxylic acids is 1. The average Bonchev–Trinajstić information content (AvgIpc) is 2.35. The lowest BCUT2D eigenvalue weighted by Crippen LogP contribution is -2.09. The topological polar surface area (TPSA) is 93.2 Å². The summed E-state index contributed by atoms with van der Waals surface area (Å²) in [6.07, 6.45) is -3.25. The van der Waals surface area contributed by atoms with E-state index in [0.29, 0.717) is 0 Å². The number of alkyl halides is 2. The molecule has 1 aromatic rings. The van der Waals surface area contributed by atoms with Gasteiger partial charge in [-0.2, -0.15) is 5.26 Å². The summed E-state index contributed by atoms with van der Waals surface area (Å²) in [5, 5.41) is 19.4. The van der Waals surface area contributed by atoms with Crippen molar-refractivity contribution < 1.29 is 23.2 Å². The van der Waals surface area contributed by atoms with Crippen molar-refractivity contribution in [2.75, 3.05) is 7.11 Å². The summed E-state index contributed by atoms with van der Waals surface area (Å²) in [7, 11) is 0.965. The highest BCUT2D eigenvalue weighted by atomic mass is 19.3. The van der Waals surface area contributed by atoms with E-state index in [0.717, 1.165) is 19.2 Å². The molecule has 0 unspecified atom stereocenters. The molecule has 18 heavy (non-hydrogen) atoms. The molecule has 0 saturated carbocycles. The second kappa shape index (κ2) is 5.18. The van der Waals surface area contributed by atoms with E-state index in [2.05, 4.69) is 4.74 Å². The Bertz CT molecular complexity index is 552. The number of ether oxygens (including phenoxy) is 1. The first-order chi connectivity index (χ1) is 8.43. The predicted molar refractivity (Wildman–Crippen MR) is 54.1 cm³/mol. The number of hydrogen-bond acceptors (Lipinski definition) is 5. The molecule has 1 rings (SSSR count). The SMILES string of the molecule is COC(=O)c1ccc(C#N)c(C(F)F)c1[N+](=O)[O-]. The van der Waals surface area contributed by atoms with Gasteiger partial charge in [-0.15, -0.1) is 0 Å². The Morgan fingerprint density at radius 2 is 2.17 bits per heavy atom. The standard InChI is InChI=1S/C10H6F2N2O4/c1-18-10(15)6-3-2-5(4-13)7(9(11)12)8(6)14(16)17/h2-3,9H,1H3. The molecule has 8 heteroatoms. The molecular weight excluding hydrogens is 250 g/mol. The maximum atomic E-state index is 12.8. The highest BCUT2D eigenvalue weighted by molar-refractivity contribution is 5.95. The minimum Gasteiger partial charge on any atom is -0.465 e. The van der Waals surface area contributed by atoms with Gasteiger partial charge in [0, 0.05) is 0 Å². The summed E-state index contributed by atoms with van der Waals surface area (Å²) in [5.41, 5.74) is -3.34. The van der Waals surface area contributed by atoms with E-state index < -0.39 is 39.7 Å². The third-order valence-corrected chi connectivity index (χ3v) is 2.14. The second-order valence-corrected chi connectivity index (χ2v) is 3.08. The molecule has 0 spiro atoms. The number of nitriles is 1. The summed E-state index contributed by atoms with van der Waals surface area (Å²) in [6, 6.07) is 3.25. The zero-order valence-corrected chi connectivity index (χ0v) is 9.02. The number of halogens is 2. The van der Waals surface area contributed by atoms with E-state index in [1.165, 1.54) is 6.07 Å². The lowest BCUT2D eigenvalue weighted by Gasteiger charge is -2.07. The maximum Gasteiger partial charge on any atom is 0.344 e. The van der Waals surface area contributed by atoms with E-state index >= 15 is 0 Å². The van der Waals surface area contributed by atoms with Crippen LogP contribution in [-0.4, -0.2) is 18.0 Å². The fraction of sp³-hybridized carbons (Fsp3) is 0.200. The fourth-order valence-corrected chi connectivity index (χ4v) is 1.40. The van der Waals surface area contributed by atoms with E-state index in [1.807, 2.05) is 0 Å². The van der Waals surface area contributed by atoms with Crippen LogP contribution in [0, 0.1) is 21.4 Å². The zero-order valence-electron chi connectivity index (χ0n) is 9.02. The smallest absolute Gasteiger partial charge is 0.344 e. The molecule has 0 aliphatic heterocycles. The number of nitro groups is 1. The Kier molecular flexibility index (Phi) is 3.89. The molecule has 0 saturated heterocycles. The van der Waals surface area contributed by atoms with Crippen LogP contribution < -0.4 is 0 Å². The number of benzene rings is 1. The van der Waals surface area contributed by atoms with Crippen LogP contribution >= 0.6 is 0 Å². The minimum absolute atomic E-state index is 0.552. The van der Waals surface area contributed by atoms with Gasteiger partial charge in [0.05, 0.1) is 23.7 Å². The second-order valence-electron chi connectivity index (χ2n) is 3.08. The van der Waals surface area contributed by atoms with Gasteiger partial charge in [0.2, 0.25) is 0 Å². The Morgan fingerprint density at radius 3 is 2.56 bits per heavy atom. The molecule has 6 nitrogen and oxygen atoms in total. The molecule has 0 aliphatic rings.